The first-order valence-corrected chi connectivity index (χ1v) is 8.70. The van der Waals surface area contributed by atoms with Crippen LogP contribution in [0.5, 0.6) is 17.2 Å². The van der Waals surface area contributed by atoms with E-state index in [1.807, 2.05) is 36.4 Å². The molecule has 0 amide bonds. The lowest BCUT2D eigenvalue weighted by atomic mass is 10.0. The number of rotatable bonds is 5. The summed E-state index contributed by atoms with van der Waals surface area (Å²) in [5.41, 5.74) is 1.27. The van der Waals surface area contributed by atoms with E-state index in [1.54, 1.807) is 0 Å². The van der Waals surface area contributed by atoms with E-state index in [0.29, 0.717) is 23.1 Å². The van der Waals surface area contributed by atoms with E-state index in [-0.39, 0.29) is 12.2 Å². The number of benzene rings is 2. The molecule has 0 saturated carbocycles. The van der Waals surface area contributed by atoms with Crippen molar-refractivity contribution in [3.63, 3.8) is 0 Å². The van der Waals surface area contributed by atoms with Gasteiger partial charge in [0.25, 0.3) is 0 Å². The predicted octanol–water partition coefficient (Wildman–Crippen LogP) is 3.46. The second-order valence-electron chi connectivity index (χ2n) is 6.19. The average molecular weight is 346 g/mol. The van der Waals surface area contributed by atoms with Crippen LogP contribution >= 0.6 is 11.6 Å². The number of para-hydroxylation sites is 1. The van der Waals surface area contributed by atoms with Gasteiger partial charge in [0.2, 0.25) is 0 Å². The molecule has 0 spiro atoms. The predicted molar refractivity (Wildman–Crippen MR) is 93.4 cm³/mol. The normalized spacial score (nSPS) is 19.8. The molecule has 24 heavy (non-hydrogen) atoms. The van der Waals surface area contributed by atoms with E-state index in [2.05, 4.69) is 11.4 Å². The molecule has 1 unspecified atom stereocenters. The largest absolute Gasteiger partial charge is 0.487 e. The van der Waals surface area contributed by atoms with Crippen molar-refractivity contribution in [2.24, 2.45) is 0 Å². The molecule has 2 aliphatic heterocycles. The fourth-order valence-electron chi connectivity index (χ4n) is 2.90. The van der Waals surface area contributed by atoms with E-state index in [1.165, 1.54) is 5.56 Å². The first kappa shape index (κ1) is 15.6. The zero-order chi connectivity index (χ0) is 16.4. The molecule has 0 aliphatic carbocycles. The van der Waals surface area contributed by atoms with Crippen LogP contribution in [0.15, 0.2) is 42.5 Å². The molecule has 5 heteroatoms. The summed E-state index contributed by atoms with van der Waals surface area (Å²) in [5, 5.41) is 3.84. The quantitative estimate of drug-likeness (QED) is 0.900. The van der Waals surface area contributed by atoms with Crippen LogP contribution < -0.4 is 19.5 Å². The minimum absolute atomic E-state index is 0.0498. The van der Waals surface area contributed by atoms with Gasteiger partial charge in [-0.2, -0.15) is 0 Å². The van der Waals surface area contributed by atoms with Crippen molar-refractivity contribution >= 4 is 11.6 Å². The van der Waals surface area contributed by atoms with Gasteiger partial charge < -0.3 is 19.5 Å². The Hall–Kier alpha value is -1.91. The molecule has 2 heterocycles. The van der Waals surface area contributed by atoms with Crippen molar-refractivity contribution in [3.8, 4) is 17.2 Å². The molecule has 4 rings (SSSR count). The van der Waals surface area contributed by atoms with Crippen molar-refractivity contribution in [2.45, 2.75) is 25.0 Å². The number of nitrogens with one attached hydrogen (secondary N) is 1. The van der Waals surface area contributed by atoms with Gasteiger partial charge in [0.1, 0.15) is 24.6 Å². The second-order valence-corrected chi connectivity index (χ2v) is 6.62. The maximum atomic E-state index is 6.09. The Bertz CT molecular complexity index is 718. The highest BCUT2D eigenvalue weighted by atomic mass is 35.5. The molecule has 126 valence electrons. The number of ether oxygens (including phenoxy) is 3. The van der Waals surface area contributed by atoms with Crippen LogP contribution in [0.4, 0.5) is 0 Å². The zero-order valence-corrected chi connectivity index (χ0v) is 14.1. The molecule has 0 radical (unpaired) electrons. The molecular weight excluding hydrogens is 326 g/mol. The number of fused-ring (bicyclic) bond motifs is 1. The van der Waals surface area contributed by atoms with E-state index < -0.39 is 0 Å². The third kappa shape index (κ3) is 3.45. The van der Waals surface area contributed by atoms with Crippen LogP contribution in [0, 0.1) is 0 Å². The Morgan fingerprint density at radius 3 is 2.83 bits per heavy atom. The monoisotopic (exact) mass is 345 g/mol. The molecule has 2 aliphatic rings. The summed E-state index contributed by atoms with van der Waals surface area (Å²) < 4.78 is 18.0. The molecule has 1 atom stereocenters. The summed E-state index contributed by atoms with van der Waals surface area (Å²) in [6.45, 7) is 2.21. The smallest absolute Gasteiger partial charge is 0.163 e. The summed E-state index contributed by atoms with van der Waals surface area (Å²) in [5.74, 6) is 2.38. The van der Waals surface area contributed by atoms with Gasteiger partial charge in [0.05, 0.1) is 0 Å². The number of hydrogen-bond donors (Lipinski definition) is 1. The van der Waals surface area contributed by atoms with Gasteiger partial charge in [-0.15, -0.1) is 0 Å². The van der Waals surface area contributed by atoms with Crippen LogP contribution in [0.1, 0.15) is 12.0 Å². The second kappa shape index (κ2) is 6.91. The summed E-state index contributed by atoms with van der Waals surface area (Å²) >= 11 is 6.09. The number of aryl methyl sites for hydroxylation is 1. The Morgan fingerprint density at radius 1 is 1.12 bits per heavy atom. The van der Waals surface area contributed by atoms with Gasteiger partial charge in [-0.3, -0.25) is 0 Å². The van der Waals surface area contributed by atoms with Crippen LogP contribution in [0.25, 0.3) is 0 Å². The van der Waals surface area contributed by atoms with Gasteiger partial charge in [0.15, 0.2) is 11.5 Å². The molecule has 0 aromatic heterocycles. The van der Waals surface area contributed by atoms with Crippen LogP contribution in [0.2, 0.25) is 5.02 Å². The molecule has 1 fully saturated rings. The standard InChI is InChI=1S/C19H20ClNO3/c20-14-6-8-18(19(9-14)24-16-10-21-11-16)22-12-15-7-5-13-3-1-2-4-17(13)23-15/h1-4,6,8-9,15-16,21H,5,7,10-12H2. The van der Waals surface area contributed by atoms with E-state index >= 15 is 0 Å². The Balaban J connectivity index is 1.40. The third-order valence-electron chi connectivity index (χ3n) is 4.37. The van der Waals surface area contributed by atoms with Gasteiger partial charge >= 0.3 is 0 Å². The van der Waals surface area contributed by atoms with Crippen molar-refractivity contribution in [1.29, 1.82) is 0 Å². The molecular formula is C19H20ClNO3. The minimum atomic E-state index is 0.0498. The maximum Gasteiger partial charge on any atom is 0.163 e. The molecule has 1 saturated heterocycles. The zero-order valence-electron chi connectivity index (χ0n) is 13.3. The highest BCUT2D eigenvalue weighted by Crippen LogP contribution is 2.33. The van der Waals surface area contributed by atoms with E-state index in [0.717, 1.165) is 31.7 Å². The Labute approximate surface area is 146 Å². The van der Waals surface area contributed by atoms with E-state index in [4.69, 9.17) is 25.8 Å². The Morgan fingerprint density at radius 2 is 2.00 bits per heavy atom. The summed E-state index contributed by atoms with van der Waals surface area (Å²) in [6, 6.07) is 13.7. The highest BCUT2D eigenvalue weighted by molar-refractivity contribution is 6.30. The van der Waals surface area contributed by atoms with Crippen molar-refractivity contribution in [1.82, 2.24) is 5.32 Å². The van der Waals surface area contributed by atoms with Gasteiger partial charge in [-0.1, -0.05) is 29.8 Å². The van der Waals surface area contributed by atoms with Crippen molar-refractivity contribution in [2.75, 3.05) is 19.7 Å². The summed E-state index contributed by atoms with van der Waals surface area (Å²) in [6.07, 6.45) is 2.20. The lowest BCUT2D eigenvalue weighted by Crippen LogP contribution is -2.50. The SMILES string of the molecule is Clc1ccc(OCC2CCc3ccccc3O2)c(OC2CNC2)c1. The van der Waals surface area contributed by atoms with Crippen LogP contribution in [0.3, 0.4) is 0 Å². The average Bonchev–Trinajstić information content (AvgIpc) is 2.57. The fourth-order valence-corrected chi connectivity index (χ4v) is 3.06. The first-order valence-electron chi connectivity index (χ1n) is 8.32. The fraction of sp³-hybridized carbons (Fsp3) is 0.368. The van der Waals surface area contributed by atoms with Gasteiger partial charge in [-0.25, -0.2) is 0 Å². The number of hydrogen-bond acceptors (Lipinski definition) is 4. The van der Waals surface area contributed by atoms with Gasteiger partial charge in [0, 0.05) is 24.2 Å². The highest BCUT2D eigenvalue weighted by Gasteiger charge is 2.23. The lowest BCUT2D eigenvalue weighted by Gasteiger charge is -2.29. The van der Waals surface area contributed by atoms with Crippen LogP contribution in [-0.2, 0) is 6.42 Å². The van der Waals surface area contributed by atoms with Crippen molar-refractivity contribution in [3.05, 3.63) is 53.1 Å². The summed E-state index contributed by atoms with van der Waals surface area (Å²) in [4.78, 5) is 0. The third-order valence-corrected chi connectivity index (χ3v) is 4.61. The van der Waals surface area contributed by atoms with Crippen LogP contribution in [-0.4, -0.2) is 31.9 Å². The van der Waals surface area contributed by atoms with E-state index in [9.17, 15) is 0 Å². The molecule has 0 bridgehead atoms. The maximum absolute atomic E-state index is 6.09. The Kier molecular flexibility index (Phi) is 4.50. The van der Waals surface area contributed by atoms with Crippen molar-refractivity contribution < 1.29 is 14.2 Å². The first-order chi connectivity index (χ1) is 11.8. The lowest BCUT2D eigenvalue weighted by molar-refractivity contribution is 0.0998. The number of halogens is 1. The molecule has 4 nitrogen and oxygen atoms in total. The topological polar surface area (TPSA) is 39.7 Å². The molecule has 1 N–H and O–H groups in total. The van der Waals surface area contributed by atoms with Gasteiger partial charge in [-0.05, 0) is 36.6 Å². The summed E-state index contributed by atoms with van der Waals surface area (Å²) in [7, 11) is 0. The molecule has 2 aromatic carbocycles. The minimum Gasteiger partial charge on any atom is -0.487 e. The molecule has 2 aromatic rings.